The highest BCUT2D eigenvalue weighted by Crippen LogP contribution is 2.29. The lowest BCUT2D eigenvalue weighted by molar-refractivity contribution is -0.122. The Bertz CT molecular complexity index is 985. The first-order chi connectivity index (χ1) is 14.3. The monoisotopic (exact) mass is 434 g/mol. The maximum Gasteiger partial charge on any atom is 0.265 e. The van der Waals surface area contributed by atoms with Crippen LogP contribution in [0.4, 0.5) is 5.69 Å². The zero-order chi connectivity index (χ0) is 21.7. The van der Waals surface area contributed by atoms with Crippen LogP contribution in [0.1, 0.15) is 12.5 Å². The molecule has 2 aromatic carbocycles. The summed E-state index contributed by atoms with van der Waals surface area (Å²) >= 11 is 0. The molecule has 1 N–H and O–H groups in total. The Balaban J connectivity index is 1.77. The van der Waals surface area contributed by atoms with Crippen molar-refractivity contribution in [3.8, 4) is 11.5 Å². The van der Waals surface area contributed by atoms with E-state index in [-0.39, 0.29) is 23.7 Å². The highest BCUT2D eigenvalue weighted by molar-refractivity contribution is 7.89. The number of morpholine rings is 1. The largest absolute Gasteiger partial charge is 0.495 e. The zero-order valence-corrected chi connectivity index (χ0v) is 18.1. The second kappa shape index (κ2) is 9.46. The van der Waals surface area contributed by atoms with Crippen LogP contribution in [0.25, 0.3) is 0 Å². The topological polar surface area (TPSA) is 94.2 Å². The van der Waals surface area contributed by atoms with Gasteiger partial charge in [-0.1, -0.05) is 17.7 Å². The maximum atomic E-state index is 12.9. The molecule has 1 atom stereocenters. The van der Waals surface area contributed by atoms with E-state index >= 15 is 0 Å². The number of nitrogens with one attached hydrogen (secondary N) is 1. The van der Waals surface area contributed by atoms with Crippen LogP contribution in [-0.4, -0.2) is 58.1 Å². The molecule has 3 rings (SSSR count). The van der Waals surface area contributed by atoms with Crippen molar-refractivity contribution < 1.29 is 27.4 Å². The zero-order valence-electron chi connectivity index (χ0n) is 17.3. The Morgan fingerprint density at radius 3 is 2.43 bits per heavy atom. The van der Waals surface area contributed by atoms with Crippen LogP contribution in [0.2, 0.25) is 0 Å². The van der Waals surface area contributed by atoms with E-state index in [1.54, 1.807) is 19.1 Å². The van der Waals surface area contributed by atoms with Gasteiger partial charge in [-0.15, -0.1) is 0 Å². The summed E-state index contributed by atoms with van der Waals surface area (Å²) < 4.78 is 43.4. The summed E-state index contributed by atoms with van der Waals surface area (Å²) in [6.07, 6.45) is -0.795. The predicted octanol–water partition coefficient (Wildman–Crippen LogP) is 2.43. The average Bonchev–Trinajstić information content (AvgIpc) is 2.75. The summed E-state index contributed by atoms with van der Waals surface area (Å²) in [5.74, 6) is 0.500. The minimum absolute atomic E-state index is 0.0765. The van der Waals surface area contributed by atoms with Gasteiger partial charge < -0.3 is 19.5 Å². The van der Waals surface area contributed by atoms with E-state index in [0.717, 1.165) is 5.56 Å². The fourth-order valence-electron chi connectivity index (χ4n) is 2.99. The van der Waals surface area contributed by atoms with Crippen molar-refractivity contribution in [2.75, 3.05) is 38.7 Å². The number of sulfonamides is 1. The SMILES string of the molecule is COc1ccc(S(=O)(=O)N2CCOCC2)cc1NC(=O)[C@H](C)Oc1ccc(C)cc1. The summed E-state index contributed by atoms with van der Waals surface area (Å²) in [5, 5.41) is 2.71. The van der Waals surface area contributed by atoms with E-state index in [2.05, 4.69) is 5.32 Å². The summed E-state index contributed by atoms with van der Waals surface area (Å²) in [4.78, 5) is 12.7. The molecular formula is C21H26N2O6S. The molecule has 0 unspecified atom stereocenters. The molecule has 0 saturated carbocycles. The number of methoxy groups -OCH3 is 1. The Morgan fingerprint density at radius 2 is 1.80 bits per heavy atom. The van der Waals surface area contributed by atoms with E-state index in [9.17, 15) is 13.2 Å². The number of carbonyl (C=O) groups is 1. The summed E-state index contributed by atoms with van der Waals surface area (Å²) in [7, 11) is -2.25. The van der Waals surface area contributed by atoms with Crippen LogP contribution in [-0.2, 0) is 19.6 Å². The van der Waals surface area contributed by atoms with Crippen LogP contribution in [0, 0.1) is 6.92 Å². The first-order valence-electron chi connectivity index (χ1n) is 9.61. The fraction of sp³-hybridized carbons (Fsp3) is 0.381. The lowest BCUT2D eigenvalue weighted by Crippen LogP contribution is -2.40. The third kappa shape index (κ3) is 5.10. The number of ether oxygens (including phenoxy) is 3. The summed E-state index contributed by atoms with van der Waals surface area (Å²) in [6.45, 7) is 4.87. The van der Waals surface area contributed by atoms with Gasteiger partial charge in [0.1, 0.15) is 11.5 Å². The maximum absolute atomic E-state index is 12.9. The van der Waals surface area contributed by atoms with Crippen LogP contribution < -0.4 is 14.8 Å². The van der Waals surface area contributed by atoms with Gasteiger partial charge in [0, 0.05) is 13.1 Å². The number of aryl methyl sites for hydroxylation is 1. The molecule has 1 amide bonds. The first-order valence-corrected chi connectivity index (χ1v) is 11.1. The molecule has 0 radical (unpaired) electrons. The summed E-state index contributed by atoms with van der Waals surface area (Å²) in [5.41, 5.74) is 1.35. The molecule has 0 bridgehead atoms. The van der Waals surface area contributed by atoms with Gasteiger partial charge in [-0.25, -0.2) is 8.42 Å². The molecular weight excluding hydrogens is 408 g/mol. The van der Waals surface area contributed by atoms with E-state index in [1.807, 2.05) is 19.1 Å². The van der Waals surface area contributed by atoms with E-state index in [0.29, 0.717) is 24.7 Å². The Morgan fingerprint density at radius 1 is 1.13 bits per heavy atom. The highest BCUT2D eigenvalue weighted by atomic mass is 32.2. The molecule has 9 heteroatoms. The molecule has 1 aliphatic heterocycles. The van der Waals surface area contributed by atoms with Gasteiger partial charge in [-0.2, -0.15) is 4.31 Å². The van der Waals surface area contributed by atoms with Crippen molar-refractivity contribution >= 4 is 21.6 Å². The number of anilines is 1. The number of hydrogen-bond acceptors (Lipinski definition) is 6. The molecule has 1 aliphatic rings. The van der Waals surface area contributed by atoms with E-state index in [4.69, 9.17) is 14.2 Å². The van der Waals surface area contributed by atoms with E-state index in [1.165, 1.54) is 29.6 Å². The van der Waals surface area contributed by atoms with Gasteiger partial charge in [-0.3, -0.25) is 4.79 Å². The molecule has 1 heterocycles. The van der Waals surface area contributed by atoms with Crippen LogP contribution >= 0.6 is 0 Å². The van der Waals surface area contributed by atoms with Gasteiger partial charge >= 0.3 is 0 Å². The molecule has 1 fully saturated rings. The third-order valence-corrected chi connectivity index (χ3v) is 6.63. The number of hydrogen-bond donors (Lipinski definition) is 1. The van der Waals surface area contributed by atoms with Crippen molar-refractivity contribution in [1.82, 2.24) is 4.31 Å². The predicted molar refractivity (Wildman–Crippen MR) is 112 cm³/mol. The van der Waals surface area contributed by atoms with Crippen molar-refractivity contribution in [1.29, 1.82) is 0 Å². The second-order valence-corrected chi connectivity index (χ2v) is 8.88. The van der Waals surface area contributed by atoms with Crippen molar-refractivity contribution in [3.63, 3.8) is 0 Å². The third-order valence-electron chi connectivity index (χ3n) is 4.74. The van der Waals surface area contributed by atoms with Crippen molar-refractivity contribution in [2.24, 2.45) is 0 Å². The molecule has 2 aromatic rings. The quantitative estimate of drug-likeness (QED) is 0.719. The molecule has 1 saturated heterocycles. The standard InChI is InChI=1S/C21H26N2O6S/c1-15-4-6-17(7-5-15)29-16(2)21(24)22-19-14-18(8-9-20(19)27-3)30(25,26)23-10-12-28-13-11-23/h4-9,14,16H,10-13H2,1-3H3,(H,22,24)/t16-/m0/s1. The smallest absolute Gasteiger partial charge is 0.265 e. The van der Waals surface area contributed by atoms with Crippen molar-refractivity contribution in [2.45, 2.75) is 24.8 Å². The Labute approximate surface area is 176 Å². The van der Waals surface area contributed by atoms with Gasteiger partial charge in [0.2, 0.25) is 10.0 Å². The van der Waals surface area contributed by atoms with Crippen molar-refractivity contribution in [3.05, 3.63) is 48.0 Å². The minimum atomic E-state index is -3.70. The van der Waals surface area contributed by atoms with Crippen LogP contribution in [0.5, 0.6) is 11.5 Å². The number of amides is 1. The average molecular weight is 435 g/mol. The number of nitrogens with zero attached hydrogens (tertiary/aromatic N) is 1. The van der Waals surface area contributed by atoms with Gasteiger partial charge in [0.15, 0.2) is 6.10 Å². The lowest BCUT2D eigenvalue weighted by Gasteiger charge is -2.26. The highest BCUT2D eigenvalue weighted by Gasteiger charge is 2.27. The fourth-order valence-corrected chi connectivity index (χ4v) is 4.42. The second-order valence-electron chi connectivity index (χ2n) is 6.94. The molecule has 8 nitrogen and oxygen atoms in total. The molecule has 0 spiro atoms. The Kier molecular flexibility index (Phi) is 6.96. The molecule has 30 heavy (non-hydrogen) atoms. The first kappa shape index (κ1) is 22.1. The van der Waals surface area contributed by atoms with Gasteiger partial charge in [0.25, 0.3) is 5.91 Å². The number of benzene rings is 2. The molecule has 0 aliphatic carbocycles. The van der Waals surface area contributed by atoms with Gasteiger partial charge in [0.05, 0.1) is 30.9 Å². The van der Waals surface area contributed by atoms with E-state index < -0.39 is 22.0 Å². The lowest BCUT2D eigenvalue weighted by atomic mass is 10.2. The molecule has 0 aromatic heterocycles. The summed E-state index contributed by atoms with van der Waals surface area (Å²) in [6, 6.07) is 11.7. The van der Waals surface area contributed by atoms with Crippen LogP contribution in [0.3, 0.4) is 0 Å². The van der Waals surface area contributed by atoms with Gasteiger partial charge in [-0.05, 0) is 44.2 Å². The molecule has 162 valence electrons. The normalized spacial score (nSPS) is 16.0. The number of carbonyl (C=O) groups excluding carboxylic acids is 1. The Hall–Kier alpha value is -2.62. The minimum Gasteiger partial charge on any atom is -0.495 e. The number of rotatable bonds is 7. The van der Waals surface area contributed by atoms with Crippen LogP contribution in [0.15, 0.2) is 47.4 Å².